The second-order valence-corrected chi connectivity index (χ2v) is 4.79. The van der Waals surface area contributed by atoms with Crippen LogP contribution in [0.5, 0.6) is 0 Å². The topological polar surface area (TPSA) is 101 Å². The van der Waals surface area contributed by atoms with E-state index in [-0.39, 0.29) is 0 Å². The van der Waals surface area contributed by atoms with Gasteiger partial charge in [-0.25, -0.2) is 0 Å². The fourth-order valence-corrected chi connectivity index (χ4v) is 2.23. The minimum Gasteiger partial charge on any atom is -0.480 e. The van der Waals surface area contributed by atoms with Gasteiger partial charge in [-0.3, -0.25) is 14.4 Å². The average molecular weight is 278 g/mol. The smallest absolute Gasteiger partial charge is 0.323 e. The molecule has 0 saturated carbocycles. The van der Waals surface area contributed by atoms with Gasteiger partial charge in [0, 0.05) is 5.56 Å². The van der Waals surface area contributed by atoms with Crippen LogP contribution in [-0.4, -0.2) is 40.9 Å². The molecular weight excluding hydrogens is 260 g/mol. The molecule has 0 aromatic heterocycles. The van der Waals surface area contributed by atoms with Crippen molar-refractivity contribution >= 4 is 17.8 Å². The van der Waals surface area contributed by atoms with Gasteiger partial charge in [-0.05, 0) is 31.9 Å². The number of carboxylic acids is 1. The summed E-state index contributed by atoms with van der Waals surface area (Å²) >= 11 is 0. The lowest BCUT2D eigenvalue weighted by Gasteiger charge is -2.21. The predicted molar refractivity (Wildman–Crippen MR) is 73.4 cm³/mol. The predicted octanol–water partition coefficient (Wildman–Crippen LogP) is 0.624. The van der Waals surface area contributed by atoms with E-state index in [0.717, 1.165) is 21.6 Å². The van der Waals surface area contributed by atoms with Crippen LogP contribution in [-0.2, 0) is 9.59 Å². The highest BCUT2D eigenvalue weighted by atomic mass is 16.4. The van der Waals surface area contributed by atoms with Crippen LogP contribution >= 0.6 is 0 Å². The van der Waals surface area contributed by atoms with Gasteiger partial charge in [0.25, 0.3) is 5.91 Å². The van der Waals surface area contributed by atoms with Crippen molar-refractivity contribution in [2.24, 2.45) is 5.73 Å². The molecule has 2 amide bonds. The van der Waals surface area contributed by atoms with E-state index in [2.05, 4.69) is 0 Å². The van der Waals surface area contributed by atoms with Crippen LogP contribution in [0.1, 0.15) is 27.0 Å². The van der Waals surface area contributed by atoms with Crippen molar-refractivity contribution in [1.82, 2.24) is 4.90 Å². The van der Waals surface area contributed by atoms with E-state index in [0.29, 0.717) is 5.56 Å². The van der Waals surface area contributed by atoms with E-state index < -0.39 is 30.9 Å². The Kier molecular flexibility index (Phi) is 4.85. The van der Waals surface area contributed by atoms with Gasteiger partial charge in [-0.2, -0.15) is 0 Å². The molecule has 20 heavy (non-hydrogen) atoms. The lowest BCUT2D eigenvalue weighted by molar-refractivity contribution is -0.138. The van der Waals surface area contributed by atoms with E-state index in [1.165, 1.54) is 0 Å². The van der Waals surface area contributed by atoms with Gasteiger partial charge in [-0.1, -0.05) is 17.7 Å². The van der Waals surface area contributed by atoms with E-state index in [1.807, 2.05) is 19.1 Å². The standard InChI is InChI=1S/C14H18N2O4/c1-8-4-9(2)13(10(3)5-8)14(20)16(6-11(15)17)7-12(18)19/h4-5H,6-7H2,1-3H3,(H2,15,17)(H,18,19). The van der Waals surface area contributed by atoms with Crippen LogP contribution < -0.4 is 5.73 Å². The highest BCUT2D eigenvalue weighted by Gasteiger charge is 2.23. The molecule has 1 rings (SSSR count). The number of carbonyl (C=O) groups is 3. The van der Waals surface area contributed by atoms with Crippen molar-refractivity contribution in [3.05, 3.63) is 34.4 Å². The summed E-state index contributed by atoms with van der Waals surface area (Å²) < 4.78 is 0. The molecule has 108 valence electrons. The van der Waals surface area contributed by atoms with Crippen LogP contribution in [0.4, 0.5) is 0 Å². The number of nitrogens with zero attached hydrogens (tertiary/aromatic N) is 1. The maximum Gasteiger partial charge on any atom is 0.323 e. The lowest BCUT2D eigenvalue weighted by atomic mass is 9.98. The maximum atomic E-state index is 12.4. The molecule has 0 atom stereocenters. The molecule has 0 aliphatic carbocycles. The van der Waals surface area contributed by atoms with Crippen molar-refractivity contribution in [3.8, 4) is 0 Å². The maximum absolute atomic E-state index is 12.4. The van der Waals surface area contributed by atoms with Crippen LogP contribution in [0.15, 0.2) is 12.1 Å². The Bertz CT molecular complexity index is 527. The van der Waals surface area contributed by atoms with Gasteiger partial charge >= 0.3 is 5.97 Å². The number of aliphatic carboxylic acids is 1. The monoisotopic (exact) mass is 278 g/mol. The van der Waals surface area contributed by atoms with Gasteiger partial charge in [0.05, 0.1) is 0 Å². The molecule has 0 fully saturated rings. The molecule has 1 aromatic carbocycles. The minimum atomic E-state index is -1.19. The first kappa shape index (κ1) is 15.7. The molecule has 6 heteroatoms. The molecule has 0 bridgehead atoms. The molecule has 0 unspecified atom stereocenters. The zero-order valence-corrected chi connectivity index (χ0v) is 11.8. The summed E-state index contributed by atoms with van der Waals surface area (Å²) in [7, 11) is 0. The SMILES string of the molecule is Cc1cc(C)c(C(=O)N(CC(N)=O)CC(=O)O)c(C)c1. The zero-order valence-electron chi connectivity index (χ0n) is 11.8. The number of aryl methyl sites for hydroxylation is 3. The first-order valence-electron chi connectivity index (χ1n) is 6.09. The molecule has 0 saturated heterocycles. The average Bonchev–Trinajstić information content (AvgIpc) is 2.24. The summed E-state index contributed by atoms with van der Waals surface area (Å²) in [6.45, 7) is 4.48. The fraction of sp³-hybridized carbons (Fsp3) is 0.357. The van der Waals surface area contributed by atoms with Crippen molar-refractivity contribution in [1.29, 1.82) is 0 Å². The minimum absolute atomic E-state index is 0.415. The second-order valence-electron chi connectivity index (χ2n) is 4.79. The number of carboxylic acid groups (broad SMARTS) is 1. The molecule has 0 heterocycles. The first-order chi connectivity index (χ1) is 9.22. The molecule has 0 radical (unpaired) electrons. The summed E-state index contributed by atoms with van der Waals surface area (Å²) in [4.78, 5) is 35.2. The normalized spacial score (nSPS) is 10.2. The number of primary amides is 1. The summed E-state index contributed by atoms with van der Waals surface area (Å²) in [5.41, 5.74) is 7.97. The van der Waals surface area contributed by atoms with Crippen molar-refractivity contribution < 1.29 is 19.5 Å². The number of nitrogens with two attached hydrogens (primary N) is 1. The van der Waals surface area contributed by atoms with Crippen molar-refractivity contribution in [2.45, 2.75) is 20.8 Å². The zero-order chi connectivity index (χ0) is 15.4. The Morgan fingerprint density at radius 2 is 1.60 bits per heavy atom. The van der Waals surface area contributed by atoms with E-state index >= 15 is 0 Å². The second kappa shape index (κ2) is 6.18. The number of benzene rings is 1. The van der Waals surface area contributed by atoms with E-state index in [4.69, 9.17) is 10.8 Å². The Morgan fingerprint density at radius 1 is 1.10 bits per heavy atom. The Hall–Kier alpha value is -2.37. The van der Waals surface area contributed by atoms with Crippen LogP contribution in [0, 0.1) is 20.8 Å². The molecular formula is C14H18N2O4. The number of rotatable bonds is 5. The third-order valence-electron chi connectivity index (χ3n) is 2.85. The highest BCUT2D eigenvalue weighted by Crippen LogP contribution is 2.18. The quantitative estimate of drug-likeness (QED) is 0.824. The Morgan fingerprint density at radius 3 is 2.00 bits per heavy atom. The molecule has 0 aliphatic heterocycles. The van der Waals surface area contributed by atoms with Gasteiger partial charge < -0.3 is 15.7 Å². The van der Waals surface area contributed by atoms with Gasteiger partial charge in [0.15, 0.2) is 0 Å². The van der Waals surface area contributed by atoms with Gasteiger partial charge in [0.1, 0.15) is 13.1 Å². The van der Waals surface area contributed by atoms with Crippen LogP contribution in [0.3, 0.4) is 0 Å². The lowest BCUT2D eigenvalue weighted by Crippen LogP contribution is -2.42. The van der Waals surface area contributed by atoms with Gasteiger partial charge in [-0.15, -0.1) is 0 Å². The van der Waals surface area contributed by atoms with E-state index in [9.17, 15) is 14.4 Å². The Balaban J connectivity index is 3.18. The van der Waals surface area contributed by atoms with Crippen LogP contribution in [0.2, 0.25) is 0 Å². The summed E-state index contributed by atoms with van der Waals surface area (Å²) in [5, 5.41) is 8.83. The molecule has 0 aliphatic rings. The first-order valence-corrected chi connectivity index (χ1v) is 6.09. The third kappa shape index (κ3) is 3.81. The number of hydrogen-bond donors (Lipinski definition) is 2. The Labute approximate surface area is 117 Å². The number of carbonyl (C=O) groups excluding carboxylic acids is 2. The molecule has 6 nitrogen and oxygen atoms in total. The van der Waals surface area contributed by atoms with Gasteiger partial charge in [0.2, 0.25) is 5.91 Å². The largest absolute Gasteiger partial charge is 0.480 e. The fourth-order valence-electron chi connectivity index (χ4n) is 2.23. The summed E-state index contributed by atoms with van der Waals surface area (Å²) in [6.07, 6.45) is 0. The van der Waals surface area contributed by atoms with E-state index in [1.54, 1.807) is 13.8 Å². The van der Waals surface area contributed by atoms with Crippen molar-refractivity contribution in [2.75, 3.05) is 13.1 Å². The summed E-state index contributed by atoms with van der Waals surface area (Å²) in [6, 6.07) is 3.67. The third-order valence-corrected chi connectivity index (χ3v) is 2.85. The molecule has 0 spiro atoms. The number of amides is 2. The van der Waals surface area contributed by atoms with Crippen molar-refractivity contribution in [3.63, 3.8) is 0 Å². The molecule has 1 aromatic rings. The molecule has 3 N–H and O–H groups in total. The van der Waals surface area contributed by atoms with Crippen LogP contribution in [0.25, 0.3) is 0 Å². The summed E-state index contributed by atoms with van der Waals surface area (Å²) in [5.74, 6) is -2.44. The highest BCUT2D eigenvalue weighted by molar-refractivity contribution is 6.00. The number of hydrogen-bond acceptors (Lipinski definition) is 3.